The van der Waals surface area contributed by atoms with Crippen LogP contribution in [0.3, 0.4) is 0 Å². The molecule has 0 unspecified atom stereocenters. The van der Waals surface area contributed by atoms with E-state index in [2.05, 4.69) is 0 Å². The third-order valence-corrected chi connectivity index (χ3v) is 7.37. The minimum absolute atomic E-state index is 0.213. The Bertz CT molecular complexity index is 995. The summed E-state index contributed by atoms with van der Waals surface area (Å²) in [5.41, 5.74) is 0.874. The monoisotopic (exact) mass is 513 g/mol. The van der Waals surface area contributed by atoms with Gasteiger partial charge in [-0.15, -0.1) is 0 Å². The van der Waals surface area contributed by atoms with E-state index < -0.39 is 23.3 Å². The van der Waals surface area contributed by atoms with E-state index >= 15 is 0 Å². The van der Waals surface area contributed by atoms with Gasteiger partial charge in [0.25, 0.3) is 0 Å². The van der Waals surface area contributed by atoms with Gasteiger partial charge in [-0.3, -0.25) is 4.79 Å². The minimum Gasteiger partial charge on any atom is -0.497 e. The van der Waals surface area contributed by atoms with Crippen LogP contribution in [-0.2, 0) is 41.6 Å². The van der Waals surface area contributed by atoms with Crippen LogP contribution in [-0.4, -0.2) is 69.2 Å². The number of rotatable bonds is 12. The molecule has 0 heterocycles. The molecular formula is C29H39NO7. The van der Waals surface area contributed by atoms with E-state index in [1.807, 2.05) is 54.6 Å². The molecule has 37 heavy (non-hydrogen) atoms. The maximum atomic E-state index is 13.4. The van der Waals surface area contributed by atoms with Crippen molar-refractivity contribution in [3.05, 3.63) is 65.7 Å². The number of nitrogens with zero attached hydrogens (tertiary/aromatic N) is 1. The number of amides is 1. The van der Waals surface area contributed by atoms with Gasteiger partial charge in [0.1, 0.15) is 11.3 Å². The van der Waals surface area contributed by atoms with Gasteiger partial charge in [0.15, 0.2) is 5.79 Å². The van der Waals surface area contributed by atoms with Gasteiger partial charge in [0.05, 0.1) is 33.5 Å². The molecule has 1 fully saturated rings. The van der Waals surface area contributed by atoms with Crippen LogP contribution in [0.5, 0.6) is 5.75 Å². The summed E-state index contributed by atoms with van der Waals surface area (Å²) < 4.78 is 28.0. The molecule has 0 radical (unpaired) electrons. The van der Waals surface area contributed by atoms with Crippen LogP contribution in [0.2, 0.25) is 0 Å². The fraction of sp³-hybridized carbons (Fsp3) is 0.517. The number of carbonyl (C=O) groups excluding carboxylic acids is 2. The van der Waals surface area contributed by atoms with E-state index in [4.69, 9.17) is 23.7 Å². The van der Waals surface area contributed by atoms with Crippen LogP contribution in [0.25, 0.3) is 0 Å². The van der Waals surface area contributed by atoms with Crippen LogP contribution < -0.4 is 4.74 Å². The summed E-state index contributed by atoms with van der Waals surface area (Å²) in [5, 5.41) is 0. The lowest BCUT2D eigenvalue weighted by atomic mass is 9.76. The molecule has 8 heteroatoms. The van der Waals surface area contributed by atoms with Crippen molar-refractivity contribution >= 4 is 11.9 Å². The molecule has 2 aromatic carbocycles. The van der Waals surface area contributed by atoms with Gasteiger partial charge in [0, 0.05) is 34.0 Å². The van der Waals surface area contributed by atoms with E-state index in [9.17, 15) is 9.59 Å². The van der Waals surface area contributed by atoms with E-state index in [0.717, 1.165) is 16.9 Å². The number of methoxy groups -OCH3 is 4. The normalized spacial score (nSPS) is 17.0. The first-order valence-corrected chi connectivity index (χ1v) is 12.6. The lowest BCUT2D eigenvalue weighted by Crippen LogP contribution is -2.65. The van der Waals surface area contributed by atoms with Crippen molar-refractivity contribution in [2.75, 3.05) is 35.0 Å². The quantitative estimate of drug-likeness (QED) is 0.311. The largest absolute Gasteiger partial charge is 0.497 e. The lowest BCUT2D eigenvalue weighted by molar-refractivity contribution is -0.238. The smallest absolute Gasteiger partial charge is 0.331 e. The van der Waals surface area contributed by atoms with Gasteiger partial charge in [-0.1, -0.05) is 42.5 Å². The first kappa shape index (κ1) is 28.6. The van der Waals surface area contributed by atoms with Gasteiger partial charge in [0.2, 0.25) is 5.91 Å². The lowest BCUT2D eigenvalue weighted by Gasteiger charge is -2.50. The maximum Gasteiger partial charge on any atom is 0.331 e. The number of hydrogen-bond donors (Lipinski definition) is 0. The molecule has 8 nitrogen and oxygen atoms in total. The van der Waals surface area contributed by atoms with Crippen LogP contribution in [0.4, 0.5) is 0 Å². The number of benzene rings is 2. The first-order valence-electron chi connectivity index (χ1n) is 12.6. The summed E-state index contributed by atoms with van der Waals surface area (Å²) in [4.78, 5) is 28.4. The summed E-state index contributed by atoms with van der Waals surface area (Å²) in [6.07, 6.45) is 2.08. The fourth-order valence-corrected chi connectivity index (χ4v) is 5.32. The van der Waals surface area contributed by atoms with Crippen LogP contribution in [0, 0.1) is 0 Å². The zero-order valence-corrected chi connectivity index (χ0v) is 22.5. The Morgan fingerprint density at radius 3 is 2.00 bits per heavy atom. The molecule has 1 amide bonds. The van der Waals surface area contributed by atoms with Crippen molar-refractivity contribution in [1.29, 1.82) is 0 Å². The highest BCUT2D eigenvalue weighted by molar-refractivity contribution is 5.87. The van der Waals surface area contributed by atoms with Crippen molar-refractivity contribution in [2.24, 2.45) is 0 Å². The average molecular weight is 514 g/mol. The third kappa shape index (κ3) is 6.69. The van der Waals surface area contributed by atoms with Gasteiger partial charge >= 0.3 is 5.97 Å². The summed E-state index contributed by atoms with van der Waals surface area (Å²) in [7, 11) is 6.18. The average Bonchev–Trinajstić information content (AvgIpc) is 2.93. The molecule has 0 aliphatic heterocycles. The van der Waals surface area contributed by atoms with Crippen molar-refractivity contribution in [3.63, 3.8) is 0 Å². The Balaban J connectivity index is 1.94. The standard InChI is InChI=1S/C29H39NO7/c1-22(31)30(28(27(32)34-3)15-17-29(35-4,36-5)18-16-28)25(19-23-11-13-26(33-2)14-12-23)21-37-20-24-9-7-6-8-10-24/h6-14,25H,15-21H2,1-5H3/t25-/m0/s1. The molecule has 2 aromatic rings. The maximum absolute atomic E-state index is 13.4. The van der Waals surface area contributed by atoms with E-state index in [1.54, 1.807) is 26.2 Å². The van der Waals surface area contributed by atoms with E-state index in [1.165, 1.54) is 14.0 Å². The first-order chi connectivity index (χ1) is 17.8. The summed E-state index contributed by atoms with van der Waals surface area (Å²) in [6.45, 7) is 2.14. The third-order valence-electron chi connectivity index (χ3n) is 7.37. The SMILES string of the molecule is COC(=O)C1(N(C(C)=O)[C@H](COCc2ccccc2)Cc2ccc(OC)cc2)CCC(OC)(OC)CC1. The predicted octanol–water partition coefficient (Wildman–Crippen LogP) is 4.15. The van der Waals surface area contributed by atoms with Gasteiger partial charge in [-0.25, -0.2) is 4.79 Å². The summed E-state index contributed by atoms with van der Waals surface area (Å²) in [5.74, 6) is -0.700. The van der Waals surface area contributed by atoms with E-state index in [0.29, 0.717) is 38.7 Å². The molecule has 1 aliphatic carbocycles. The zero-order chi connectivity index (χ0) is 26.9. The Labute approximate surface area is 219 Å². The second kappa shape index (κ2) is 13.0. The highest BCUT2D eigenvalue weighted by atomic mass is 16.7. The Hall–Kier alpha value is -2.94. The summed E-state index contributed by atoms with van der Waals surface area (Å²) in [6, 6.07) is 17.2. The molecule has 0 aromatic heterocycles. The fourth-order valence-electron chi connectivity index (χ4n) is 5.32. The Morgan fingerprint density at radius 2 is 1.49 bits per heavy atom. The van der Waals surface area contributed by atoms with Gasteiger partial charge in [-0.2, -0.15) is 0 Å². The topological polar surface area (TPSA) is 83.5 Å². The van der Waals surface area contributed by atoms with Crippen molar-refractivity contribution in [1.82, 2.24) is 4.90 Å². The molecule has 3 rings (SSSR count). The molecule has 202 valence electrons. The highest BCUT2D eigenvalue weighted by Crippen LogP contribution is 2.43. The Kier molecular flexibility index (Phi) is 10.1. The van der Waals surface area contributed by atoms with Crippen LogP contribution in [0.15, 0.2) is 54.6 Å². The molecule has 0 N–H and O–H groups in total. The highest BCUT2D eigenvalue weighted by Gasteiger charge is 2.54. The van der Waals surface area contributed by atoms with E-state index in [-0.39, 0.29) is 12.5 Å². The summed E-state index contributed by atoms with van der Waals surface area (Å²) >= 11 is 0. The molecule has 1 atom stereocenters. The minimum atomic E-state index is -1.16. The number of carbonyl (C=O) groups is 2. The number of esters is 1. The van der Waals surface area contributed by atoms with Crippen LogP contribution >= 0.6 is 0 Å². The second-order valence-corrected chi connectivity index (χ2v) is 9.44. The van der Waals surface area contributed by atoms with Gasteiger partial charge in [-0.05, 0) is 42.5 Å². The molecule has 0 bridgehead atoms. The van der Waals surface area contributed by atoms with Crippen molar-refractivity contribution in [2.45, 2.75) is 63.0 Å². The number of ether oxygens (including phenoxy) is 5. The molecule has 0 spiro atoms. The molecular weight excluding hydrogens is 474 g/mol. The zero-order valence-electron chi connectivity index (χ0n) is 22.5. The van der Waals surface area contributed by atoms with Gasteiger partial charge < -0.3 is 28.6 Å². The predicted molar refractivity (Wildman–Crippen MR) is 139 cm³/mol. The molecule has 1 aliphatic rings. The van der Waals surface area contributed by atoms with Crippen LogP contribution in [0.1, 0.15) is 43.7 Å². The molecule has 1 saturated carbocycles. The second-order valence-electron chi connectivity index (χ2n) is 9.44. The van der Waals surface area contributed by atoms with Crippen molar-refractivity contribution < 1.29 is 33.3 Å². The van der Waals surface area contributed by atoms with Crippen molar-refractivity contribution in [3.8, 4) is 5.75 Å². The Morgan fingerprint density at radius 1 is 0.865 bits per heavy atom. The molecule has 0 saturated heterocycles. The number of hydrogen-bond acceptors (Lipinski definition) is 7.